The van der Waals surface area contributed by atoms with Gasteiger partial charge in [-0.1, -0.05) is 0 Å². The number of rotatable bonds is 3. The van der Waals surface area contributed by atoms with Gasteiger partial charge in [-0.15, -0.1) is 0 Å². The first-order valence-corrected chi connectivity index (χ1v) is 6.17. The van der Waals surface area contributed by atoms with Crippen LogP contribution in [0.25, 0.3) is 0 Å². The van der Waals surface area contributed by atoms with Crippen molar-refractivity contribution < 1.29 is 0 Å². The van der Waals surface area contributed by atoms with Crippen molar-refractivity contribution in [2.45, 2.75) is 25.0 Å². The van der Waals surface area contributed by atoms with Crippen LogP contribution in [0.2, 0.25) is 0 Å². The smallest absolute Gasteiger partial charge is 0.126 e. The van der Waals surface area contributed by atoms with E-state index >= 15 is 0 Å². The van der Waals surface area contributed by atoms with E-state index in [0.717, 1.165) is 17.6 Å². The molecule has 1 aliphatic heterocycles. The normalized spacial score (nSPS) is 21.1. The van der Waals surface area contributed by atoms with Gasteiger partial charge in [-0.2, -0.15) is 11.8 Å². The second kappa shape index (κ2) is 4.69. The monoisotopic (exact) mass is 208 g/mol. The molecular formula is C11H16N2S. The molecule has 0 spiro atoms. The Morgan fingerprint density at radius 1 is 1.64 bits per heavy atom. The Bertz CT molecular complexity index is 295. The lowest BCUT2D eigenvalue weighted by Crippen LogP contribution is -2.14. The molecule has 0 radical (unpaired) electrons. The summed E-state index contributed by atoms with van der Waals surface area (Å²) in [5, 5.41) is 4.18. The first-order valence-electron chi connectivity index (χ1n) is 5.13. The zero-order chi connectivity index (χ0) is 9.80. The van der Waals surface area contributed by atoms with E-state index in [1.807, 2.05) is 12.3 Å². The summed E-state index contributed by atoms with van der Waals surface area (Å²) in [5.74, 6) is 2.34. The van der Waals surface area contributed by atoms with Crippen LogP contribution < -0.4 is 5.32 Å². The van der Waals surface area contributed by atoms with Gasteiger partial charge in [-0.05, 0) is 43.2 Å². The van der Waals surface area contributed by atoms with E-state index in [4.69, 9.17) is 0 Å². The van der Waals surface area contributed by atoms with Crippen LogP contribution in [0.3, 0.4) is 0 Å². The molecule has 1 fully saturated rings. The number of thioether (sulfide) groups is 1. The maximum Gasteiger partial charge on any atom is 0.126 e. The summed E-state index contributed by atoms with van der Waals surface area (Å²) in [6.45, 7) is 3.15. The molecule has 0 aliphatic carbocycles. The number of aryl methyl sites for hydroxylation is 1. The van der Waals surface area contributed by atoms with Crippen LogP contribution in [0.1, 0.15) is 18.4 Å². The maximum absolute atomic E-state index is 4.28. The van der Waals surface area contributed by atoms with Gasteiger partial charge in [0, 0.05) is 18.0 Å². The van der Waals surface area contributed by atoms with Crippen molar-refractivity contribution in [2.75, 3.05) is 17.6 Å². The first kappa shape index (κ1) is 9.84. The lowest BCUT2D eigenvalue weighted by atomic mass is 10.2. The number of anilines is 1. The zero-order valence-electron chi connectivity index (χ0n) is 8.49. The van der Waals surface area contributed by atoms with Crippen molar-refractivity contribution in [2.24, 2.45) is 0 Å². The highest BCUT2D eigenvalue weighted by Gasteiger charge is 2.14. The van der Waals surface area contributed by atoms with Crippen LogP contribution in [0, 0.1) is 6.92 Å². The summed E-state index contributed by atoms with van der Waals surface area (Å²) in [6, 6.07) is 4.12. The minimum absolute atomic E-state index is 0.789. The van der Waals surface area contributed by atoms with Crippen molar-refractivity contribution in [1.29, 1.82) is 0 Å². The summed E-state index contributed by atoms with van der Waals surface area (Å²) in [4.78, 5) is 4.28. The summed E-state index contributed by atoms with van der Waals surface area (Å²) in [6.07, 6.45) is 4.58. The standard InChI is InChI=1S/C11H16N2S/c1-9-4-5-12-11(7-9)13-8-10-3-2-6-14-10/h4-5,7,10H,2-3,6,8H2,1H3,(H,12,13). The molecule has 1 unspecified atom stereocenters. The highest BCUT2D eigenvalue weighted by atomic mass is 32.2. The van der Waals surface area contributed by atoms with E-state index in [9.17, 15) is 0 Å². The predicted octanol–water partition coefficient (Wildman–Crippen LogP) is 2.70. The van der Waals surface area contributed by atoms with Crippen LogP contribution >= 0.6 is 11.8 Å². The van der Waals surface area contributed by atoms with Gasteiger partial charge in [0.1, 0.15) is 5.82 Å². The quantitative estimate of drug-likeness (QED) is 0.826. The van der Waals surface area contributed by atoms with Gasteiger partial charge < -0.3 is 5.32 Å². The molecule has 76 valence electrons. The Morgan fingerprint density at radius 2 is 2.57 bits per heavy atom. The first-order chi connectivity index (χ1) is 6.84. The fraction of sp³-hybridized carbons (Fsp3) is 0.545. The van der Waals surface area contributed by atoms with E-state index in [-0.39, 0.29) is 0 Å². The SMILES string of the molecule is Cc1ccnc(NCC2CCCS2)c1. The molecule has 14 heavy (non-hydrogen) atoms. The largest absolute Gasteiger partial charge is 0.369 e. The highest BCUT2D eigenvalue weighted by Crippen LogP contribution is 2.26. The molecular weight excluding hydrogens is 192 g/mol. The Hall–Kier alpha value is -0.700. The number of hydrogen-bond acceptors (Lipinski definition) is 3. The van der Waals surface area contributed by atoms with Crippen LogP contribution in [-0.4, -0.2) is 22.5 Å². The van der Waals surface area contributed by atoms with Gasteiger partial charge in [-0.3, -0.25) is 0 Å². The minimum Gasteiger partial charge on any atom is -0.369 e. The average molecular weight is 208 g/mol. The van der Waals surface area contributed by atoms with Crippen LogP contribution in [0.15, 0.2) is 18.3 Å². The van der Waals surface area contributed by atoms with Gasteiger partial charge >= 0.3 is 0 Å². The zero-order valence-corrected chi connectivity index (χ0v) is 9.31. The maximum atomic E-state index is 4.28. The fourth-order valence-corrected chi connectivity index (χ4v) is 2.86. The Kier molecular flexibility index (Phi) is 3.30. The van der Waals surface area contributed by atoms with Crippen molar-refractivity contribution in [3.8, 4) is 0 Å². The van der Waals surface area contributed by atoms with Crippen molar-refractivity contribution in [1.82, 2.24) is 4.98 Å². The summed E-state index contributed by atoms with van der Waals surface area (Å²) in [5.41, 5.74) is 1.27. The Balaban J connectivity index is 1.85. The molecule has 1 N–H and O–H groups in total. The van der Waals surface area contributed by atoms with E-state index in [0.29, 0.717) is 0 Å². The van der Waals surface area contributed by atoms with Crippen molar-refractivity contribution in [3.05, 3.63) is 23.9 Å². The van der Waals surface area contributed by atoms with Gasteiger partial charge in [0.05, 0.1) is 0 Å². The Morgan fingerprint density at radius 3 is 3.29 bits per heavy atom. The molecule has 1 saturated heterocycles. The molecule has 2 heterocycles. The van der Waals surface area contributed by atoms with E-state index in [2.05, 4.69) is 35.1 Å². The number of hydrogen-bond donors (Lipinski definition) is 1. The molecule has 2 nitrogen and oxygen atoms in total. The molecule has 1 atom stereocenters. The molecule has 1 aliphatic rings. The third-order valence-electron chi connectivity index (χ3n) is 2.45. The molecule has 2 rings (SSSR count). The number of pyridine rings is 1. The van der Waals surface area contributed by atoms with Crippen LogP contribution in [-0.2, 0) is 0 Å². The third kappa shape index (κ3) is 2.64. The summed E-state index contributed by atoms with van der Waals surface area (Å²) < 4.78 is 0. The van der Waals surface area contributed by atoms with Crippen LogP contribution in [0.5, 0.6) is 0 Å². The minimum atomic E-state index is 0.789. The summed E-state index contributed by atoms with van der Waals surface area (Å²) in [7, 11) is 0. The van der Waals surface area contributed by atoms with Gasteiger partial charge in [0.2, 0.25) is 0 Å². The number of nitrogens with one attached hydrogen (secondary N) is 1. The lowest BCUT2D eigenvalue weighted by Gasteiger charge is -2.10. The predicted molar refractivity (Wildman–Crippen MR) is 62.9 cm³/mol. The molecule has 0 amide bonds. The Labute approximate surface area is 89.5 Å². The number of aromatic nitrogens is 1. The van der Waals surface area contributed by atoms with E-state index < -0.39 is 0 Å². The molecule has 1 aromatic rings. The molecule has 1 aromatic heterocycles. The fourth-order valence-electron chi connectivity index (χ4n) is 1.66. The van der Waals surface area contributed by atoms with E-state index in [1.54, 1.807) is 0 Å². The number of nitrogens with zero attached hydrogens (tertiary/aromatic N) is 1. The topological polar surface area (TPSA) is 24.9 Å². The van der Waals surface area contributed by atoms with Crippen LogP contribution in [0.4, 0.5) is 5.82 Å². The van der Waals surface area contributed by atoms with Gasteiger partial charge in [-0.25, -0.2) is 4.98 Å². The highest BCUT2D eigenvalue weighted by molar-refractivity contribution is 8.00. The average Bonchev–Trinajstić information content (AvgIpc) is 2.67. The second-order valence-corrected chi connectivity index (χ2v) is 5.14. The van der Waals surface area contributed by atoms with E-state index in [1.165, 1.54) is 24.2 Å². The molecule has 3 heteroatoms. The van der Waals surface area contributed by atoms with Crippen molar-refractivity contribution in [3.63, 3.8) is 0 Å². The van der Waals surface area contributed by atoms with Crippen molar-refractivity contribution >= 4 is 17.6 Å². The second-order valence-electron chi connectivity index (χ2n) is 3.73. The molecule has 0 saturated carbocycles. The summed E-state index contributed by atoms with van der Waals surface area (Å²) >= 11 is 2.08. The van der Waals surface area contributed by atoms with Gasteiger partial charge in [0.25, 0.3) is 0 Å². The third-order valence-corrected chi connectivity index (χ3v) is 3.85. The lowest BCUT2D eigenvalue weighted by molar-refractivity contribution is 0.803. The molecule has 0 bridgehead atoms. The van der Waals surface area contributed by atoms with Gasteiger partial charge in [0.15, 0.2) is 0 Å². The molecule has 0 aromatic carbocycles.